The summed E-state index contributed by atoms with van der Waals surface area (Å²) >= 11 is 0. The third-order valence-corrected chi connectivity index (χ3v) is 3.38. The van der Waals surface area contributed by atoms with Crippen LogP contribution in [0, 0.1) is 0 Å². The molecule has 2 N–H and O–H groups in total. The van der Waals surface area contributed by atoms with Crippen molar-refractivity contribution in [1.82, 2.24) is 14.7 Å². The van der Waals surface area contributed by atoms with E-state index in [1.165, 1.54) is 12.8 Å². The van der Waals surface area contributed by atoms with Gasteiger partial charge < -0.3 is 14.8 Å². The Kier molecular flexibility index (Phi) is 2.91. The van der Waals surface area contributed by atoms with Gasteiger partial charge in [-0.3, -0.25) is 0 Å². The van der Waals surface area contributed by atoms with Crippen molar-refractivity contribution in [1.29, 1.82) is 0 Å². The van der Waals surface area contributed by atoms with Crippen LogP contribution in [0.5, 0.6) is 0 Å². The van der Waals surface area contributed by atoms with Gasteiger partial charge in [0.2, 0.25) is 5.89 Å². The van der Waals surface area contributed by atoms with E-state index in [1.807, 2.05) is 10.8 Å². The number of hydrogen-bond donors (Lipinski definition) is 1. The third-order valence-electron chi connectivity index (χ3n) is 3.38. The van der Waals surface area contributed by atoms with Crippen LogP contribution in [0.15, 0.2) is 23.0 Å². The van der Waals surface area contributed by atoms with Crippen molar-refractivity contribution in [2.24, 2.45) is 5.73 Å². The highest BCUT2D eigenvalue weighted by molar-refractivity contribution is 5.15. The molecule has 0 saturated heterocycles. The molecule has 0 bridgehead atoms. The lowest BCUT2D eigenvalue weighted by molar-refractivity contribution is 0.373. The lowest BCUT2D eigenvalue weighted by atomic mass is 10.1. The average molecular weight is 246 g/mol. The second kappa shape index (κ2) is 4.57. The Morgan fingerprint density at radius 3 is 3.11 bits per heavy atom. The minimum Gasteiger partial charge on any atom is -0.346 e. The Labute approximate surface area is 106 Å². The smallest absolute Gasteiger partial charge is 0.229 e. The number of aromatic nitrogens is 3. The molecule has 1 unspecified atom stereocenters. The van der Waals surface area contributed by atoms with Crippen molar-refractivity contribution in [2.75, 3.05) is 0 Å². The van der Waals surface area contributed by atoms with Crippen molar-refractivity contribution in [3.63, 3.8) is 0 Å². The molecule has 3 rings (SSSR count). The largest absolute Gasteiger partial charge is 0.346 e. The van der Waals surface area contributed by atoms with Crippen molar-refractivity contribution in [2.45, 2.75) is 44.7 Å². The lowest BCUT2D eigenvalue weighted by Crippen LogP contribution is -2.07. The van der Waals surface area contributed by atoms with E-state index in [1.54, 1.807) is 0 Å². The Bertz CT molecular complexity index is 527. The molecule has 0 radical (unpaired) electrons. The number of rotatable bonds is 5. The van der Waals surface area contributed by atoms with Crippen molar-refractivity contribution >= 4 is 0 Å². The molecule has 0 spiro atoms. The van der Waals surface area contributed by atoms with Crippen LogP contribution in [-0.4, -0.2) is 14.7 Å². The molecule has 5 nitrogen and oxygen atoms in total. The zero-order valence-electron chi connectivity index (χ0n) is 10.5. The average Bonchev–Trinajstić information content (AvgIpc) is 2.96. The van der Waals surface area contributed by atoms with Crippen LogP contribution in [0.25, 0.3) is 0 Å². The first-order valence-corrected chi connectivity index (χ1v) is 6.50. The summed E-state index contributed by atoms with van der Waals surface area (Å²) in [4.78, 5) is 4.41. The van der Waals surface area contributed by atoms with Gasteiger partial charge in [-0.2, -0.15) is 4.98 Å². The molecule has 1 atom stereocenters. The standard InChI is InChI=1S/C13H18N4O/c1-2-11(14)10-5-6-17(7-10)8-12-15-13(18-16-12)9-3-4-9/h5-7,9,11H,2-4,8,14H2,1H3. The monoisotopic (exact) mass is 246 g/mol. The van der Waals surface area contributed by atoms with Gasteiger partial charge in [-0.05, 0) is 30.9 Å². The van der Waals surface area contributed by atoms with E-state index in [2.05, 4.69) is 29.3 Å². The summed E-state index contributed by atoms with van der Waals surface area (Å²) < 4.78 is 7.29. The van der Waals surface area contributed by atoms with Crippen LogP contribution in [-0.2, 0) is 6.54 Å². The summed E-state index contributed by atoms with van der Waals surface area (Å²) in [6.07, 6.45) is 7.37. The predicted octanol–water partition coefficient (Wildman–Crippen LogP) is 2.21. The van der Waals surface area contributed by atoms with Crippen LogP contribution in [0.1, 0.15) is 55.4 Å². The van der Waals surface area contributed by atoms with E-state index in [0.29, 0.717) is 12.5 Å². The quantitative estimate of drug-likeness (QED) is 0.878. The highest BCUT2D eigenvalue weighted by atomic mass is 16.5. The first kappa shape index (κ1) is 11.5. The second-order valence-electron chi connectivity index (χ2n) is 4.96. The summed E-state index contributed by atoms with van der Waals surface area (Å²) in [5, 5.41) is 4.01. The van der Waals surface area contributed by atoms with Crippen molar-refractivity contribution in [3.8, 4) is 0 Å². The highest BCUT2D eigenvalue weighted by Gasteiger charge is 2.29. The molecule has 0 aliphatic heterocycles. The minimum atomic E-state index is 0.110. The normalized spacial score (nSPS) is 17.0. The van der Waals surface area contributed by atoms with Gasteiger partial charge in [-0.1, -0.05) is 12.1 Å². The number of nitrogens with zero attached hydrogens (tertiary/aromatic N) is 3. The molecule has 2 heterocycles. The first-order chi connectivity index (χ1) is 8.76. The van der Waals surface area contributed by atoms with Gasteiger partial charge in [0, 0.05) is 24.4 Å². The van der Waals surface area contributed by atoms with Crippen LogP contribution >= 0.6 is 0 Å². The van der Waals surface area contributed by atoms with E-state index in [4.69, 9.17) is 10.3 Å². The van der Waals surface area contributed by atoms with Crippen molar-refractivity contribution < 1.29 is 4.52 Å². The molecule has 1 saturated carbocycles. The predicted molar refractivity (Wildman–Crippen MR) is 67.0 cm³/mol. The Morgan fingerprint density at radius 2 is 2.39 bits per heavy atom. The van der Waals surface area contributed by atoms with Crippen molar-refractivity contribution in [3.05, 3.63) is 35.7 Å². The maximum Gasteiger partial charge on any atom is 0.229 e. The molecule has 0 aromatic carbocycles. The Hall–Kier alpha value is -1.62. The second-order valence-corrected chi connectivity index (χ2v) is 4.96. The highest BCUT2D eigenvalue weighted by Crippen LogP contribution is 2.38. The molecule has 96 valence electrons. The topological polar surface area (TPSA) is 69.9 Å². The summed E-state index contributed by atoms with van der Waals surface area (Å²) in [5.74, 6) is 2.05. The minimum absolute atomic E-state index is 0.110. The molecule has 2 aromatic rings. The zero-order chi connectivity index (χ0) is 12.5. The van der Waals surface area contributed by atoms with E-state index in [0.717, 1.165) is 23.7 Å². The summed E-state index contributed by atoms with van der Waals surface area (Å²) in [6.45, 7) is 2.73. The molecular weight excluding hydrogens is 228 g/mol. The van der Waals surface area contributed by atoms with Gasteiger partial charge >= 0.3 is 0 Å². The van der Waals surface area contributed by atoms with E-state index >= 15 is 0 Å². The third kappa shape index (κ3) is 2.31. The molecular formula is C13H18N4O. The van der Waals surface area contributed by atoms with E-state index in [-0.39, 0.29) is 6.04 Å². The molecule has 5 heteroatoms. The lowest BCUT2D eigenvalue weighted by Gasteiger charge is -2.04. The number of nitrogens with two attached hydrogens (primary N) is 1. The SMILES string of the molecule is CCC(N)c1ccn(Cc2noc(C3CC3)n2)c1. The zero-order valence-corrected chi connectivity index (χ0v) is 10.5. The fourth-order valence-electron chi connectivity index (χ4n) is 2.00. The van der Waals surface area contributed by atoms with Gasteiger partial charge in [0.15, 0.2) is 5.82 Å². The molecule has 1 fully saturated rings. The van der Waals surface area contributed by atoms with Crippen LogP contribution in [0.3, 0.4) is 0 Å². The van der Waals surface area contributed by atoms with Gasteiger partial charge in [0.25, 0.3) is 0 Å². The molecule has 1 aliphatic carbocycles. The Morgan fingerprint density at radius 1 is 1.56 bits per heavy atom. The molecule has 0 amide bonds. The molecule has 2 aromatic heterocycles. The molecule has 18 heavy (non-hydrogen) atoms. The summed E-state index contributed by atoms with van der Waals surface area (Å²) in [7, 11) is 0. The maximum atomic E-state index is 5.99. The first-order valence-electron chi connectivity index (χ1n) is 6.50. The summed E-state index contributed by atoms with van der Waals surface area (Å²) in [5.41, 5.74) is 7.15. The van der Waals surface area contributed by atoms with Gasteiger partial charge in [0.1, 0.15) is 0 Å². The van der Waals surface area contributed by atoms with E-state index in [9.17, 15) is 0 Å². The number of hydrogen-bond acceptors (Lipinski definition) is 4. The van der Waals surface area contributed by atoms with Gasteiger partial charge in [-0.15, -0.1) is 0 Å². The van der Waals surface area contributed by atoms with Crippen LogP contribution < -0.4 is 5.73 Å². The van der Waals surface area contributed by atoms with Gasteiger partial charge in [0.05, 0.1) is 6.54 Å². The van der Waals surface area contributed by atoms with Crippen LogP contribution in [0.4, 0.5) is 0 Å². The fraction of sp³-hybridized carbons (Fsp3) is 0.538. The molecule has 1 aliphatic rings. The van der Waals surface area contributed by atoms with Gasteiger partial charge in [-0.25, -0.2) is 0 Å². The fourth-order valence-corrected chi connectivity index (χ4v) is 2.00. The summed E-state index contributed by atoms with van der Waals surface area (Å²) in [6, 6.07) is 2.16. The van der Waals surface area contributed by atoms with Crippen LogP contribution in [0.2, 0.25) is 0 Å². The maximum absolute atomic E-state index is 5.99. The Balaban J connectivity index is 1.69. The van der Waals surface area contributed by atoms with E-state index < -0.39 is 0 Å².